The molecule has 0 atom stereocenters. The van der Waals surface area contributed by atoms with Gasteiger partial charge in [0.15, 0.2) is 0 Å². The standard InChI is InChI=1S/C24H30N4O6S2/c1-14(21(29)25-27(2)23(35)17-12-15(31-4)8-10-19(17)33-6)22(30)26-28(3)24(36)18-13-16(32-5)9-11-20(18)34-7/h8-14H,1-7H3,(H,25,29)(H,26,30). The summed E-state index contributed by atoms with van der Waals surface area (Å²) in [5.41, 5.74) is 6.34. The molecule has 2 aromatic rings. The van der Waals surface area contributed by atoms with Crippen LogP contribution in [0.1, 0.15) is 18.1 Å². The number of carbonyl (C=O) groups excluding carboxylic acids is 2. The van der Waals surface area contributed by atoms with Gasteiger partial charge in [0.1, 0.15) is 38.9 Å². The quantitative estimate of drug-likeness (QED) is 0.298. The molecule has 0 radical (unpaired) electrons. The van der Waals surface area contributed by atoms with Crippen molar-refractivity contribution in [3.8, 4) is 23.0 Å². The summed E-state index contributed by atoms with van der Waals surface area (Å²) in [7, 11) is 9.24. The molecule has 2 aromatic carbocycles. The average Bonchev–Trinajstić information content (AvgIpc) is 2.90. The lowest BCUT2D eigenvalue weighted by Crippen LogP contribution is -2.51. The minimum atomic E-state index is -1.07. The molecule has 194 valence electrons. The van der Waals surface area contributed by atoms with Gasteiger partial charge in [-0.1, -0.05) is 24.4 Å². The third kappa shape index (κ3) is 6.73. The second-order valence-electron chi connectivity index (χ2n) is 7.53. The van der Waals surface area contributed by atoms with Crippen LogP contribution in [0.25, 0.3) is 0 Å². The van der Waals surface area contributed by atoms with Crippen LogP contribution in [0.3, 0.4) is 0 Å². The van der Waals surface area contributed by atoms with Gasteiger partial charge < -0.3 is 18.9 Å². The van der Waals surface area contributed by atoms with Crippen LogP contribution in [0.2, 0.25) is 0 Å². The fraction of sp³-hybridized carbons (Fsp3) is 0.333. The smallest absolute Gasteiger partial charge is 0.250 e. The Kier molecular flexibility index (Phi) is 10.2. The van der Waals surface area contributed by atoms with E-state index in [0.29, 0.717) is 34.1 Å². The SMILES string of the molecule is COc1ccc(OC)c(C(=S)N(C)NC(=O)C(C)C(=O)NN(C)C(=S)c2cc(OC)ccc2OC)c1. The number of hydrazine groups is 2. The molecule has 2 N–H and O–H groups in total. The fourth-order valence-electron chi connectivity index (χ4n) is 3.07. The molecule has 0 bridgehead atoms. The molecule has 2 rings (SSSR count). The zero-order valence-corrected chi connectivity index (χ0v) is 22.8. The van der Waals surface area contributed by atoms with Gasteiger partial charge in [0.25, 0.3) is 11.8 Å². The van der Waals surface area contributed by atoms with Gasteiger partial charge in [0.2, 0.25) is 0 Å². The summed E-state index contributed by atoms with van der Waals surface area (Å²) in [6, 6.07) is 10.3. The molecule has 0 fully saturated rings. The summed E-state index contributed by atoms with van der Waals surface area (Å²) < 4.78 is 21.2. The second-order valence-corrected chi connectivity index (χ2v) is 8.31. The van der Waals surface area contributed by atoms with Crippen molar-refractivity contribution in [3.05, 3.63) is 47.5 Å². The van der Waals surface area contributed by atoms with Crippen LogP contribution in [-0.2, 0) is 9.59 Å². The molecule has 0 aromatic heterocycles. The predicted octanol–water partition coefficient (Wildman–Crippen LogP) is 2.33. The van der Waals surface area contributed by atoms with Gasteiger partial charge in [-0.2, -0.15) is 0 Å². The van der Waals surface area contributed by atoms with Crippen LogP contribution in [0.15, 0.2) is 36.4 Å². The van der Waals surface area contributed by atoms with E-state index in [1.165, 1.54) is 45.4 Å². The number of hydrogen-bond acceptors (Lipinski definition) is 8. The van der Waals surface area contributed by atoms with Crippen molar-refractivity contribution in [1.82, 2.24) is 20.9 Å². The van der Waals surface area contributed by atoms with Crippen molar-refractivity contribution in [3.63, 3.8) is 0 Å². The lowest BCUT2D eigenvalue weighted by molar-refractivity contribution is -0.137. The number of ether oxygens (including phenoxy) is 4. The molecular weight excluding hydrogens is 504 g/mol. The number of thiocarbonyl (C=S) groups is 2. The highest BCUT2D eigenvalue weighted by Gasteiger charge is 2.26. The van der Waals surface area contributed by atoms with E-state index in [1.54, 1.807) is 50.5 Å². The Morgan fingerprint density at radius 1 is 0.722 bits per heavy atom. The fourth-order valence-corrected chi connectivity index (χ4v) is 3.48. The van der Waals surface area contributed by atoms with E-state index in [4.69, 9.17) is 43.4 Å². The topological polar surface area (TPSA) is 102 Å². The Bertz CT molecular complexity index is 1060. The second kappa shape index (κ2) is 12.9. The molecule has 2 amide bonds. The molecule has 12 heteroatoms. The highest BCUT2D eigenvalue weighted by molar-refractivity contribution is 7.81. The highest BCUT2D eigenvalue weighted by Crippen LogP contribution is 2.26. The van der Waals surface area contributed by atoms with Crippen molar-refractivity contribution in [2.75, 3.05) is 42.5 Å². The summed E-state index contributed by atoms with van der Waals surface area (Å²) in [6.07, 6.45) is 0. The molecule has 0 unspecified atom stereocenters. The summed E-state index contributed by atoms with van der Waals surface area (Å²) in [6.45, 7) is 1.47. The molecule has 36 heavy (non-hydrogen) atoms. The minimum Gasteiger partial charge on any atom is -0.497 e. The maximum Gasteiger partial charge on any atom is 0.250 e. The summed E-state index contributed by atoms with van der Waals surface area (Å²) in [5, 5.41) is 2.68. The van der Waals surface area contributed by atoms with E-state index in [-0.39, 0.29) is 9.98 Å². The van der Waals surface area contributed by atoms with Crippen molar-refractivity contribution in [2.24, 2.45) is 5.92 Å². The maximum atomic E-state index is 12.8. The molecule has 0 aliphatic carbocycles. The minimum absolute atomic E-state index is 0.273. The number of hydrogen-bond donors (Lipinski definition) is 2. The van der Waals surface area contributed by atoms with E-state index >= 15 is 0 Å². The number of benzene rings is 2. The first kappa shape index (κ1) is 28.6. The first-order valence-corrected chi connectivity index (χ1v) is 11.5. The largest absolute Gasteiger partial charge is 0.497 e. The average molecular weight is 535 g/mol. The highest BCUT2D eigenvalue weighted by atomic mass is 32.1. The molecule has 0 aliphatic heterocycles. The molecule has 0 heterocycles. The number of carbonyl (C=O) groups is 2. The van der Waals surface area contributed by atoms with E-state index in [9.17, 15) is 9.59 Å². The van der Waals surface area contributed by atoms with Gasteiger partial charge in [-0.25, -0.2) is 0 Å². The number of amides is 2. The normalized spacial score (nSPS) is 10.2. The van der Waals surface area contributed by atoms with Crippen molar-refractivity contribution in [2.45, 2.75) is 6.92 Å². The molecule has 0 saturated carbocycles. The van der Waals surface area contributed by atoms with Crippen molar-refractivity contribution < 1.29 is 28.5 Å². The first-order valence-electron chi connectivity index (χ1n) is 10.7. The summed E-state index contributed by atoms with van der Waals surface area (Å²) in [5.74, 6) is -0.0407. The first-order chi connectivity index (χ1) is 17.1. The Morgan fingerprint density at radius 3 is 1.39 bits per heavy atom. The van der Waals surface area contributed by atoms with Crippen molar-refractivity contribution >= 4 is 46.2 Å². The Labute approximate surface area is 221 Å². The van der Waals surface area contributed by atoms with Crippen LogP contribution in [0.4, 0.5) is 0 Å². The van der Waals surface area contributed by atoms with Gasteiger partial charge >= 0.3 is 0 Å². The lowest BCUT2D eigenvalue weighted by atomic mass is 10.1. The van der Waals surface area contributed by atoms with E-state index in [2.05, 4.69) is 10.9 Å². The molecule has 10 nitrogen and oxygen atoms in total. The summed E-state index contributed by atoms with van der Waals surface area (Å²) in [4.78, 5) is 26.1. The third-order valence-electron chi connectivity index (χ3n) is 5.23. The Balaban J connectivity index is 2.07. The third-order valence-corrected chi connectivity index (χ3v) is 6.21. The monoisotopic (exact) mass is 534 g/mol. The van der Waals surface area contributed by atoms with E-state index < -0.39 is 17.7 Å². The summed E-state index contributed by atoms with van der Waals surface area (Å²) >= 11 is 11.0. The molecular formula is C24H30N4O6S2. The van der Waals surface area contributed by atoms with Crippen molar-refractivity contribution in [1.29, 1.82) is 0 Å². The van der Waals surface area contributed by atoms with Crippen LogP contribution in [-0.4, -0.2) is 74.3 Å². The number of nitrogens with one attached hydrogen (secondary N) is 2. The molecule has 0 spiro atoms. The number of nitrogens with zero attached hydrogens (tertiary/aromatic N) is 2. The predicted molar refractivity (Wildman–Crippen MR) is 143 cm³/mol. The van der Waals surface area contributed by atoms with Gasteiger partial charge in [-0.05, 0) is 43.3 Å². The van der Waals surface area contributed by atoms with Crippen LogP contribution in [0, 0.1) is 5.92 Å². The Morgan fingerprint density at radius 2 is 1.08 bits per heavy atom. The van der Waals surface area contributed by atoms with E-state index in [1.807, 2.05) is 0 Å². The van der Waals surface area contributed by atoms with E-state index in [0.717, 1.165) is 0 Å². The molecule has 0 saturated heterocycles. The number of rotatable bonds is 8. The lowest BCUT2D eigenvalue weighted by Gasteiger charge is -2.26. The number of methoxy groups -OCH3 is 4. The zero-order valence-electron chi connectivity index (χ0n) is 21.2. The Hall–Kier alpha value is -3.64. The maximum absolute atomic E-state index is 12.8. The van der Waals surface area contributed by atoms with Gasteiger partial charge in [0, 0.05) is 14.1 Å². The molecule has 0 aliphatic rings. The van der Waals surface area contributed by atoms with Gasteiger partial charge in [-0.15, -0.1) is 0 Å². The van der Waals surface area contributed by atoms with Crippen LogP contribution < -0.4 is 29.8 Å². The van der Waals surface area contributed by atoms with Crippen LogP contribution in [0.5, 0.6) is 23.0 Å². The van der Waals surface area contributed by atoms with Crippen LogP contribution >= 0.6 is 24.4 Å². The zero-order chi connectivity index (χ0) is 27.0. The van der Waals surface area contributed by atoms with Gasteiger partial charge in [-0.3, -0.25) is 30.5 Å². The van der Waals surface area contributed by atoms with Gasteiger partial charge in [0.05, 0.1) is 39.6 Å².